The van der Waals surface area contributed by atoms with Crippen molar-refractivity contribution in [2.75, 3.05) is 0 Å². The van der Waals surface area contributed by atoms with E-state index in [2.05, 4.69) is 0 Å². The largest absolute Gasteiger partial charge is 0.417 e. The van der Waals surface area contributed by atoms with E-state index in [0.29, 0.717) is 6.07 Å². The highest BCUT2D eigenvalue weighted by Crippen LogP contribution is 2.52. The molecule has 0 amide bonds. The molecule has 2 aromatic carbocycles. The Morgan fingerprint density at radius 3 is 1.71 bits per heavy atom. The molecule has 0 spiro atoms. The van der Waals surface area contributed by atoms with E-state index >= 15 is 0 Å². The van der Waals surface area contributed by atoms with Crippen LogP contribution in [-0.2, 0) is 6.18 Å². The lowest BCUT2D eigenvalue weighted by Gasteiger charge is -2.17. The summed E-state index contributed by atoms with van der Waals surface area (Å²) in [7, 11) is 0. The van der Waals surface area contributed by atoms with E-state index < -0.39 is 43.5 Å². The third-order valence-corrected chi connectivity index (χ3v) is 5.28. The molecule has 11 heteroatoms. The molecule has 2 rings (SSSR count). The van der Waals surface area contributed by atoms with Gasteiger partial charge in [-0.2, -0.15) is 13.2 Å². The molecule has 0 atom stereocenters. The van der Waals surface area contributed by atoms with E-state index in [1.54, 1.807) is 0 Å². The molecule has 0 aliphatic rings. The molecule has 0 saturated carbocycles. The standard InChI is InChI=1S/C13H3Cl5F3NO2/c14-8-7(9(15)11(17)12(18)10(8)16)6-4(13(19,20)21)2-1-3-5(6)22(23)24/h1-3H. The second kappa shape index (κ2) is 6.77. The van der Waals surface area contributed by atoms with Crippen LogP contribution in [0.1, 0.15) is 5.56 Å². The predicted molar refractivity (Wildman–Crippen MR) is 88.6 cm³/mol. The molecule has 3 nitrogen and oxygen atoms in total. The predicted octanol–water partition coefficient (Wildman–Crippen LogP) is 7.55. The summed E-state index contributed by atoms with van der Waals surface area (Å²) in [4.78, 5) is 10.2. The minimum Gasteiger partial charge on any atom is -0.258 e. The van der Waals surface area contributed by atoms with Gasteiger partial charge in [0.15, 0.2) is 0 Å². The van der Waals surface area contributed by atoms with Crippen LogP contribution in [0.15, 0.2) is 18.2 Å². The van der Waals surface area contributed by atoms with Crippen LogP contribution < -0.4 is 0 Å². The maximum absolute atomic E-state index is 13.3. The number of hydrogen-bond donors (Lipinski definition) is 0. The first-order valence-electron chi connectivity index (χ1n) is 5.84. The molecule has 128 valence electrons. The molecule has 24 heavy (non-hydrogen) atoms. The smallest absolute Gasteiger partial charge is 0.258 e. The Bertz CT molecular complexity index is 825. The summed E-state index contributed by atoms with van der Waals surface area (Å²) in [5, 5.41) is 9.23. The first kappa shape index (κ1) is 19.4. The van der Waals surface area contributed by atoms with Gasteiger partial charge in [0.05, 0.1) is 41.2 Å². The van der Waals surface area contributed by atoms with E-state index in [9.17, 15) is 23.3 Å². The molecule has 2 aromatic rings. The first-order valence-corrected chi connectivity index (χ1v) is 7.73. The first-order chi connectivity index (χ1) is 11.0. The molecule has 0 heterocycles. The number of hydrogen-bond acceptors (Lipinski definition) is 2. The molecular weight excluding hydrogens is 436 g/mol. The minimum atomic E-state index is -4.91. The molecule has 0 saturated heterocycles. The SMILES string of the molecule is O=[N+]([O-])c1cccc(C(F)(F)F)c1-c1c(Cl)c(Cl)c(Cl)c(Cl)c1Cl. The van der Waals surface area contributed by atoms with Crippen molar-refractivity contribution < 1.29 is 18.1 Å². The van der Waals surface area contributed by atoms with Crippen LogP contribution in [0.5, 0.6) is 0 Å². The Labute approximate surface area is 158 Å². The molecule has 0 aliphatic heterocycles. The van der Waals surface area contributed by atoms with E-state index in [-0.39, 0.29) is 15.1 Å². The van der Waals surface area contributed by atoms with Gasteiger partial charge in [0.25, 0.3) is 5.69 Å². The fourth-order valence-corrected chi connectivity index (χ4v) is 3.34. The van der Waals surface area contributed by atoms with Crippen molar-refractivity contribution in [3.8, 4) is 11.1 Å². The second-order valence-corrected chi connectivity index (χ2v) is 6.29. The van der Waals surface area contributed by atoms with Crippen LogP contribution in [0.25, 0.3) is 11.1 Å². The molecule has 0 radical (unpaired) electrons. The van der Waals surface area contributed by atoms with Gasteiger partial charge >= 0.3 is 6.18 Å². The van der Waals surface area contributed by atoms with Gasteiger partial charge in [-0.05, 0) is 6.07 Å². The highest BCUT2D eigenvalue weighted by atomic mass is 35.5. The summed E-state index contributed by atoms with van der Waals surface area (Å²) in [6.07, 6.45) is -4.91. The Hall–Kier alpha value is -0.920. The zero-order chi connectivity index (χ0) is 18.4. The maximum atomic E-state index is 13.3. The van der Waals surface area contributed by atoms with Gasteiger partial charge in [0.1, 0.15) is 0 Å². The molecule has 0 fully saturated rings. The molecular formula is C13H3Cl5F3NO2. The Morgan fingerprint density at radius 1 is 0.833 bits per heavy atom. The van der Waals surface area contributed by atoms with Gasteiger partial charge < -0.3 is 0 Å². The third-order valence-electron chi connectivity index (χ3n) is 3.00. The normalized spacial score (nSPS) is 11.7. The van der Waals surface area contributed by atoms with Crippen LogP contribution in [0.3, 0.4) is 0 Å². The van der Waals surface area contributed by atoms with E-state index in [4.69, 9.17) is 58.0 Å². The Morgan fingerprint density at radius 2 is 1.29 bits per heavy atom. The van der Waals surface area contributed by atoms with Crippen molar-refractivity contribution >= 4 is 63.7 Å². The molecule has 0 unspecified atom stereocenters. The topological polar surface area (TPSA) is 43.1 Å². The van der Waals surface area contributed by atoms with Crippen molar-refractivity contribution in [3.63, 3.8) is 0 Å². The number of halogens is 8. The summed E-state index contributed by atoms with van der Waals surface area (Å²) in [6, 6.07) is 2.43. The van der Waals surface area contributed by atoms with Crippen molar-refractivity contribution in [1.29, 1.82) is 0 Å². The van der Waals surface area contributed by atoms with E-state index in [1.807, 2.05) is 0 Å². The summed E-state index contributed by atoms with van der Waals surface area (Å²) < 4.78 is 40.0. The average molecular weight is 439 g/mol. The number of rotatable bonds is 2. The Balaban J connectivity index is 3.05. The van der Waals surface area contributed by atoms with E-state index in [0.717, 1.165) is 12.1 Å². The van der Waals surface area contributed by atoms with Crippen molar-refractivity contribution in [2.45, 2.75) is 6.18 Å². The van der Waals surface area contributed by atoms with Gasteiger partial charge in [0, 0.05) is 11.6 Å². The lowest BCUT2D eigenvalue weighted by Crippen LogP contribution is -2.09. The van der Waals surface area contributed by atoms with Gasteiger partial charge in [-0.1, -0.05) is 64.1 Å². The van der Waals surface area contributed by atoms with E-state index in [1.165, 1.54) is 0 Å². The average Bonchev–Trinajstić information content (AvgIpc) is 2.50. The van der Waals surface area contributed by atoms with Gasteiger partial charge in [0.2, 0.25) is 0 Å². The van der Waals surface area contributed by atoms with Crippen molar-refractivity contribution in [2.24, 2.45) is 0 Å². The number of benzene rings is 2. The molecule has 0 bridgehead atoms. The zero-order valence-electron chi connectivity index (χ0n) is 11.0. The fraction of sp³-hybridized carbons (Fsp3) is 0.0769. The van der Waals surface area contributed by atoms with Gasteiger partial charge in [-0.15, -0.1) is 0 Å². The van der Waals surface area contributed by atoms with Crippen molar-refractivity contribution in [3.05, 3.63) is 59.0 Å². The summed E-state index contributed by atoms with van der Waals surface area (Å²) in [5.41, 5.74) is -3.53. The van der Waals surface area contributed by atoms with Crippen LogP contribution in [0.4, 0.5) is 18.9 Å². The number of nitrogens with zero attached hydrogens (tertiary/aromatic N) is 1. The highest BCUT2D eigenvalue weighted by molar-refractivity contribution is 6.56. The van der Waals surface area contributed by atoms with Gasteiger partial charge in [-0.25, -0.2) is 0 Å². The van der Waals surface area contributed by atoms with Crippen LogP contribution in [0, 0.1) is 10.1 Å². The second-order valence-electron chi connectivity index (χ2n) is 4.40. The molecule has 0 aliphatic carbocycles. The summed E-state index contributed by atoms with van der Waals surface area (Å²) in [5.74, 6) is 0. The minimum absolute atomic E-state index is 0.274. The lowest BCUT2D eigenvalue weighted by molar-refractivity contribution is -0.384. The molecule has 0 aromatic heterocycles. The third kappa shape index (κ3) is 3.26. The lowest BCUT2D eigenvalue weighted by atomic mass is 9.97. The maximum Gasteiger partial charge on any atom is 0.417 e. The number of nitro groups is 1. The fourth-order valence-electron chi connectivity index (χ4n) is 2.02. The highest BCUT2D eigenvalue weighted by Gasteiger charge is 2.39. The zero-order valence-corrected chi connectivity index (χ0v) is 14.8. The van der Waals surface area contributed by atoms with Gasteiger partial charge in [-0.3, -0.25) is 10.1 Å². The number of alkyl halides is 3. The van der Waals surface area contributed by atoms with Crippen LogP contribution in [-0.4, -0.2) is 4.92 Å². The monoisotopic (exact) mass is 437 g/mol. The molecule has 0 N–H and O–H groups in total. The van der Waals surface area contributed by atoms with Crippen LogP contribution >= 0.6 is 58.0 Å². The summed E-state index contributed by atoms with van der Waals surface area (Å²) in [6.45, 7) is 0. The Kier molecular flexibility index (Phi) is 5.47. The number of nitro benzene ring substituents is 1. The summed E-state index contributed by atoms with van der Waals surface area (Å²) >= 11 is 29.4. The quantitative estimate of drug-likeness (QED) is 0.210. The van der Waals surface area contributed by atoms with Crippen molar-refractivity contribution in [1.82, 2.24) is 0 Å². The van der Waals surface area contributed by atoms with Crippen LogP contribution in [0.2, 0.25) is 25.1 Å².